The molecule has 0 aromatic heterocycles. The summed E-state index contributed by atoms with van der Waals surface area (Å²) in [6, 6.07) is 9.22. The molecule has 0 fully saturated rings. The van der Waals surface area contributed by atoms with Crippen LogP contribution in [0, 0.1) is 13.8 Å². The Morgan fingerprint density at radius 2 is 1.45 bits per heavy atom. The third-order valence-corrected chi connectivity index (χ3v) is 3.75. The highest BCUT2D eigenvalue weighted by Crippen LogP contribution is 2.35. The summed E-state index contributed by atoms with van der Waals surface area (Å²) in [7, 11) is 0. The van der Waals surface area contributed by atoms with Gasteiger partial charge in [-0.3, -0.25) is 0 Å². The molecule has 0 aliphatic heterocycles. The van der Waals surface area contributed by atoms with Crippen LogP contribution in [0.1, 0.15) is 16.7 Å². The topological polar surface area (TPSA) is 9.23 Å². The summed E-state index contributed by atoms with van der Waals surface area (Å²) in [5.74, 6) is 0.651. The van der Waals surface area contributed by atoms with Gasteiger partial charge in [0.15, 0.2) is 0 Å². The molecular formula is C15H12BrF3O. The molecule has 20 heavy (non-hydrogen) atoms. The van der Waals surface area contributed by atoms with Crippen LogP contribution in [-0.2, 0) is 6.18 Å². The van der Waals surface area contributed by atoms with E-state index in [4.69, 9.17) is 4.74 Å². The van der Waals surface area contributed by atoms with Gasteiger partial charge in [-0.1, -0.05) is 28.1 Å². The van der Waals surface area contributed by atoms with Gasteiger partial charge >= 0.3 is 6.18 Å². The minimum atomic E-state index is -4.38. The summed E-state index contributed by atoms with van der Waals surface area (Å²) < 4.78 is 44.8. The van der Waals surface area contributed by atoms with Gasteiger partial charge < -0.3 is 4.74 Å². The molecule has 0 saturated heterocycles. The zero-order chi connectivity index (χ0) is 14.9. The molecule has 0 unspecified atom stereocenters. The number of benzene rings is 2. The highest BCUT2D eigenvalue weighted by atomic mass is 79.9. The Morgan fingerprint density at radius 3 is 2.00 bits per heavy atom. The van der Waals surface area contributed by atoms with Gasteiger partial charge in [-0.25, -0.2) is 0 Å². The Hall–Kier alpha value is -1.49. The van der Waals surface area contributed by atoms with E-state index >= 15 is 0 Å². The molecule has 0 amide bonds. The SMILES string of the molecule is Cc1ccc(Oc2ccc(C)c(C(F)(F)F)c2)cc1Br. The predicted octanol–water partition coefficient (Wildman–Crippen LogP) is 5.88. The third kappa shape index (κ3) is 3.33. The third-order valence-electron chi connectivity index (χ3n) is 2.89. The lowest BCUT2D eigenvalue weighted by Gasteiger charge is -2.13. The predicted molar refractivity (Wildman–Crippen MR) is 75.1 cm³/mol. The van der Waals surface area contributed by atoms with E-state index in [0.29, 0.717) is 5.75 Å². The normalized spacial score (nSPS) is 11.5. The average molecular weight is 345 g/mol. The Bertz CT molecular complexity index is 636. The summed E-state index contributed by atoms with van der Waals surface area (Å²) in [5.41, 5.74) is 0.522. The van der Waals surface area contributed by atoms with Gasteiger partial charge in [0.1, 0.15) is 11.5 Å². The Labute approximate surface area is 123 Å². The van der Waals surface area contributed by atoms with Crippen LogP contribution in [0.15, 0.2) is 40.9 Å². The molecule has 1 nitrogen and oxygen atoms in total. The van der Waals surface area contributed by atoms with Gasteiger partial charge in [-0.15, -0.1) is 0 Å². The summed E-state index contributed by atoms with van der Waals surface area (Å²) in [5, 5.41) is 0. The fourth-order valence-corrected chi connectivity index (χ4v) is 2.10. The zero-order valence-electron chi connectivity index (χ0n) is 10.9. The number of halogens is 4. The lowest BCUT2D eigenvalue weighted by molar-refractivity contribution is -0.138. The van der Waals surface area contributed by atoms with Crippen molar-refractivity contribution in [2.75, 3.05) is 0 Å². The van der Waals surface area contributed by atoms with Gasteiger partial charge in [-0.2, -0.15) is 13.2 Å². The number of aryl methyl sites for hydroxylation is 2. The molecule has 106 valence electrons. The van der Waals surface area contributed by atoms with Gasteiger partial charge in [0.05, 0.1) is 5.56 Å². The first-order valence-electron chi connectivity index (χ1n) is 5.89. The number of alkyl halides is 3. The minimum Gasteiger partial charge on any atom is -0.457 e. The lowest BCUT2D eigenvalue weighted by Crippen LogP contribution is -2.07. The van der Waals surface area contributed by atoms with Gasteiger partial charge in [0.2, 0.25) is 0 Å². The van der Waals surface area contributed by atoms with E-state index < -0.39 is 11.7 Å². The Balaban J connectivity index is 2.32. The van der Waals surface area contributed by atoms with Gasteiger partial charge in [0.25, 0.3) is 0 Å². The van der Waals surface area contributed by atoms with Crippen molar-refractivity contribution in [2.45, 2.75) is 20.0 Å². The van der Waals surface area contributed by atoms with Crippen molar-refractivity contribution in [3.05, 3.63) is 57.6 Å². The van der Waals surface area contributed by atoms with E-state index in [1.165, 1.54) is 19.1 Å². The van der Waals surface area contributed by atoms with Gasteiger partial charge in [0, 0.05) is 4.47 Å². The molecule has 0 saturated carbocycles. The second kappa shape index (κ2) is 5.48. The molecule has 0 aliphatic rings. The van der Waals surface area contributed by atoms with Crippen molar-refractivity contribution in [3.63, 3.8) is 0 Å². The largest absolute Gasteiger partial charge is 0.457 e. The molecule has 5 heteroatoms. The second-order valence-corrected chi connectivity index (χ2v) is 5.34. The number of hydrogen-bond acceptors (Lipinski definition) is 1. The van der Waals surface area contributed by atoms with Crippen LogP contribution in [-0.4, -0.2) is 0 Å². The van der Waals surface area contributed by atoms with Crippen LogP contribution >= 0.6 is 15.9 Å². The molecule has 0 N–H and O–H groups in total. The smallest absolute Gasteiger partial charge is 0.416 e. The van der Waals surface area contributed by atoms with Crippen LogP contribution < -0.4 is 4.74 Å². The first kappa shape index (κ1) is 14.9. The van der Waals surface area contributed by atoms with E-state index in [-0.39, 0.29) is 11.3 Å². The Kier molecular flexibility index (Phi) is 4.09. The highest BCUT2D eigenvalue weighted by Gasteiger charge is 2.32. The Morgan fingerprint density at radius 1 is 0.900 bits per heavy atom. The quantitative estimate of drug-likeness (QED) is 0.661. The maximum absolute atomic E-state index is 12.8. The molecule has 0 heterocycles. The highest BCUT2D eigenvalue weighted by molar-refractivity contribution is 9.10. The molecule has 0 bridgehead atoms. The standard InChI is InChI=1S/C15H12BrF3O/c1-9-3-5-11(7-13(9)15(17,18)19)20-12-6-4-10(2)14(16)8-12/h3-8H,1-2H3. The molecular weight excluding hydrogens is 333 g/mol. The van der Waals surface area contributed by atoms with Crippen molar-refractivity contribution in [1.29, 1.82) is 0 Å². The fraction of sp³-hybridized carbons (Fsp3) is 0.200. The van der Waals surface area contributed by atoms with E-state index in [1.807, 2.05) is 13.0 Å². The molecule has 0 atom stereocenters. The summed E-state index contributed by atoms with van der Waals surface area (Å²) >= 11 is 3.36. The monoisotopic (exact) mass is 344 g/mol. The number of hydrogen-bond donors (Lipinski definition) is 0. The van der Waals surface area contributed by atoms with Crippen molar-refractivity contribution >= 4 is 15.9 Å². The van der Waals surface area contributed by atoms with Crippen molar-refractivity contribution in [2.24, 2.45) is 0 Å². The second-order valence-electron chi connectivity index (χ2n) is 4.49. The van der Waals surface area contributed by atoms with Crippen molar-refractivity contribution in [1.82, 2.24) is 0 Å². The first-order chi connectivity index (χ1) is 9.27. The number of rotatable bonds is 2. The molecule has 0 spiro atoms. The van der Waals surface area contributed by atoms with Crippen LogP contribution in [0.3, 0.4) is 0 Å². The number of ether oxygens (including phenoxy) is 1. The van der Waals surface area contributed by atoms with E-state index in [2.05, 4.69) is 15.9 Å². The maximum atomic E-state index is 12.8. The van der Waals surface area contributed by atoms with Crippen LogP contribution in [0.5, 0.6) is 11.5 Å². The van der Waals surface area contributed by atoms with Crippen molar-refractivity contribution in [3.8, 4) is 11.5 Å². The molecule has 2 rings (SSSR count). The lowest BCUT2D eigenvalue weighted by atomic mass is 10.1. The first-order valence-corrected chi connectivity index (χ1v) is 6.68. The molecule has 2 aromatic rings. The van der Waals surface area contributed by atoms with Crippen LogP contribution in [0.2, 0.25) is 0 Å². The van der Waals surface area contributed by atoms with Crippen molar-refractivity contribution < 1.29 is 17.9 Å². The minimum absolute atomic E-state index is 0.165. The fourth-order valence-electron chi connectivity index (χ4n) is 1.74. The van der Waals surface area contributed by atoms with E-state index in [0.717, 1.165) is 16.1 Å². The summed E-state index contributed by atoms with van der Waals surface area (Å²) in [4.78, 5) is 0. The van der Waals surface area contributed by atoms with Crippen LogP contribution in [0.4, 0.5) is 13.2 Å². The van der Waals surface area contributed by atoms with Crippen LogP contribution in [0.25, 0.3) is 0 Å². The van der Waals surface area contributed by atoms with Gasteiger partial charge in [-0.05, 0) is 49.2 Å². The molecule has 0 aliphatic carbocycles. The summed E-state index contributed by atoms with van der Waals surface area (Å²) in [6.07, 6.45) is -4.38. The molecule has 2 aromatic carbocycles. The maximum Gasteiger partial charge on any atom is 0.416 e. The average Bonchev–Trinajstić information content (AvgIpc) is 2.35. The van der Waals surface area contributed by atoms with E-state index in [1.54, 1.807) is 12.1 Å². The summed E-state index contributed by atoms with van der Waals surface area (Å²) in [6.45, 7) is 3.34. The van der Waals surface area contributed by atoms with E-state index in [9.17, 15) is 13.2 Å². The zero-order valence-corrected chi connectivity index (χ0v) is 12.5. The molecule has 0 radical (unpaired) electrons.